The van der Waals surface area contributed by atoms with Gasteiger partial charge >= 0.3 is 6.03 Å². The van der Waals surface area contributed by atoms with E-state index in [1.165, 1.54) is 22.8 Å². The molecule has 0 radical (unpaired) electrons. The average molecular weight is 353 g/mol. The summed E-state index contributed by atoms with van der Waals surface area (Å²) >= 11 is 0. The van der Waals surface area contributed by atoms with Crippen LogP contribution in [-0.2, 0) is 13.0 Å². The molecule has 4 nitrogen and oxygen atoms in total. The number of carbonyl (C=O) groups is 1. The first-order chi connectivity index (χ1) is 12.6. The third kappa shape index (κ3) is 3.26. The number of fused-ring (bicyclic) bond motifs is 1. The van der Waals surface area contributed by atoms with Gasteiger partial charge in [-0.2, -0.15) is 0 Å². The molecule has 2 aromatic rings. The van der Waals surface area contributed by atoms with E-state index in [1.54, 1.807) is 17.0 Å². The van der Waals surface area contributed by atoms with Gasteiger partial charge in [0.25, 0.3) is 0 Å². The summed E-state index contributed by atoms with van der Waals surface area (Å²) in [7, 11) is 0. The topological polar surface area (TPSA) is 35.6 Å². The number of nitrogens with zero attached hydrogens (tertiary/aromatic N) is 2. The third-order valence-corrected chi connectivity index (χ3v) is 5.43. The second-order valence-corrected chi connectivity index (χ2v) is 7.17. The molecular weight excluding hydrogens is 329 g/mol. The van der Waals surface area contributed by atoms with Crippen molar-refractivity contribution in [3.05, 3.63) is 58.9 Å². The molecule has 1 fully saturated rings. The number of aryl methyl sites for hydroxylation is 1. The lowest BCUT2D eigenvalue weighted by molar-refractivity contribution is 0.206. The number of carbonyl (C=O) groups excluding carboxylic acids is 1. The number of urea groups is 1. The van der Waals surface area contributed by atoms with Gasteiger partial charge in [0.2, 0.25) is 0 Å². The normalized spacial score (nSPS) is 16.5. The first-order valence-corrected chi connectivity index (χ1v) is 9.29. The monoisotopic (exact) mass is 353 g/mol. The van der Waals surface area contributed by atoms with Crippen molar-refractivity contribution < 1.29 is 9.18 Å². The molecule has 2 heterocycles. The van der Waals surface area contributed by atoms with E-state index in [0.717, 1.165) is 32.4 Å². The van der Waals surface area contributed by atoms with Gasteiger partial charge in [0.15, 0.2) is 0 Å². The lowest BCUT2D eigenvalue weighted by Crippen LogP contribution is -2.39. The highest BCUT2D eigenvalue weighted by molar-refractivity contribution is 5.89. The van der Waals surface area contributed by atoms with Crippen molar-refractivity contribution in [1.29, 1.82) is 0 Å². The van der Waals surface area contributed by atoms with Crippen LogP contribution >= 0.6 is 0 Å². The van der Waals surface area contributed by atoms with E-state index >= 15 is 0 Å². The van der Waals surface area contributed by atoms with Crippen LogP contribution in [-0.4, -0.2) is 30.6 Å². The molecule has 2 aliphatic heterocycles. The standard InChI is InChI=1S/C21H24FN3O/c1-15-5-4-6-16-14-25(12-9-18(15)16)21(26)23-17-7-8-20(19(22)13-17)24-10-2-3-11-24/h4-8,13H,2-3,9-12,14H2,1H3,(H,23,26). The molecule has 0 aromatic heterocycles. The summed E-state index contributed by atoms with van der Waals surface area (Å²) in [6, 6.07) is 11.0. The second-order valence-electron chi connectivity index (χ2n) is 7.17. The molecule has 0 atom stereocenters. The van der Waals surface area contributed by atoms with Gasteiger partial charge in [-0.05, 0) is 61.1 Å². The summed E-state index contributed by atoms with van der Waals surface area (Å²) in [5, 5.41) is 2.84. The molecular formula is C21H24FN3O. The molecule has 0 aliphatic carbocycles. The van der Waals surface area contributed by atoms with Gasteiger partial charge in [0.05, 0.1) is 5.69 Å². The Bertz CT molecular complexity index is 830. The highest BCUT2D eigenvalue weighted by Crippen LogP contribution is 2.27. The van der Waals surface area contributed by atoms with Gasteiger partial charge in [-0.3, -0.25) is 0 Å². The minimum atomic E-state index is -0.274. The van der Waals surface area contributed by atoms with Gasteiger partial charge in [0.1, 0.15) is 5.82 Å². The number of amides is 2. The largest absolute Gasteiger partial charge is 0.369 e. The molecule has 5 heteroatoms. The third-order valence-electron chi connectivity index (χ3n) is 5.43. The zero-order chi connectivity index (χ0) is 18.1. The molecule has 0 spiro atoms. The number of halogens is 1. The first-order valence-electron chi connectivity index (χ1n) is 9.29. The van der Waals surface area contributed by atoms with Crippen molar-refractivity contribution in [1.82, 2.24) is 4.90 Å². The van der Waals surface area contributed by atoms with Gasteiger partial charge in [-0.15, -0.1) is 0 Å². The van der Waals surface area contributed by atoms with Crippen LogP contribution in [0.4, 0.5) is 20.6 Å². The van der Waals surface area contributed by atoms with E-state index < -0.39 is 0 Å². The SMILES string of the molecule is Cc1cccc2c1CCN(C(=O)Nc1ccc(N3CCCC3)c(F)c1)C2. The minimum absolute atomic E-state index is 0.175. The molecule has 4 rings (SSSR count). The summed E-state index contributed by atoms with van der Waals surface area (Å²) in [5.41, 5.74) is 4.95. The molecule has 136 valence electrons. The van der Waals surface area contributed by atoms with E-state index in [1.807, 2.05) is 6.07 Å². The Kier molecular flexibility index (Phi) is 4.53. The Labute approximate surface area is 153 Å². The van der Waals surface area contributed by atoms with Crippen LogP contribution in [0.1, 0.15) is 29.5 Å². The smallest absolute Gasteiger partial charge is 0.322 e. The van der Waals surface area contributed by atoms with Crippen molar-refractivity contribution >= 4 is 17.4 Å². The molecule has 0 bridgehead atoms. The molecule has 2 aliphatic rings. The van der Waals surface area contributed by atoms with Crippen LogP contribution in [0, 0.1) is 12.7 Å². The lowest BCUT2D eigenvalue weighted by Gasteiger charge is -2.30. The highest BCUT2D eigenvalue weighted by Gasteiger charge is 2.22. The summed E-state index contributed by atoms with van der Waals surface area (Å²) in [4.78, 5) is 16.4. The van der Waals surface area contributed by atoms with Crippen molar-refractivity contribution in [3.8, 4) is 0 Å². The molecule has 1 saturated heterocycles. The average Bonchev–Trinajstić information content (AvgIpc) is 3.16. The van der Waals surface area contributed by atoms with Crippen molar-refractivity contribution in [3.63, 3.8) is 0 Å². The van der Waals surface area contributed by atoms with E-state index in [-0.39, 0.29) is 11.8 Å². The van der Waals surface area contributed by atoms with Gasteiger partial charge in [0, 0.05) is 31.9 Å². The molecule has 0 saturated carbocycles. The summed E-state index contributed by atoms with van der Waals surface area (Å²) < 4.78 is 14.4. The summed E-state index contributed by atoms with van der Waals surface area (Å²) in [6.45, 7) is 5.18. The number of rotatable bonds is 2. The molecule has 2 amide bonds. The van der Waals surface area contributed by atoms with Gasteiger partial charge < -0.3 is 15.1 Å². The predicted molar refractivity (Wildman–Crippen MR) is 102 cm³/mol. The molecule has 26 heavy (non-hydrogen) atoms. The fraction of sp³-hybridized carbons (Fsp3) is 0.381. The maximum absolute atomic E-state index is 14.4. The minimum Gasteiger partial charge on any atom is -0.369 e. The first kappa shape index (κ1) is 16.9. The molecule has 1 N–H and O–H groups in total. The molecule has 2 aromatic carbocycles. The highest BCUT2D eigenvalue weighted by atomic mass is 19.1. The number of hydrogen-bond donors (Lipinski definition) is 1. The van der Waals surface area contributed by atoms with Crippen molar-refractivity contribution in [2.45, 2.75) is 32.7 Å². The van der Waals surface area contributed by atoms with E-state index in [2.05, 4.69) is 29.3 Å². The Morgan fingerprint density at radius 3 is 2.69 bits per heavy atom. The maximum Gasteiger partial charge on any atom is 0.322 e. The van der Waals surface area contributed by atoms with Crippen molar-refractivity contribution in [2.24, 2.45) is 0 Å². The zero-order valence-electron chi connectivity index (χ0n) is 15.1. The maximum atomic E-state index is 14.4. The lowest BCUT2D eigenvalue weighted by atomic mass is 9.95. The van der Waals surface area contributed by atoms with Crippen LogP contribution in [0.25, 0.3) is 0 Å². The number of hydrogen-bond acceptors (Lipinski definition) is 2. The Balaban J connectivity index is 1.44. The quantitative estimate of drug-likeness (QED) is 0.872. The van der Waals surface area contributed by atoms with E-state index in [0.29, 0.717) is 24.5 Å². The predicted octanol–water partition coefficient (Wildman–Crippen LogP) is 4.32. The number of benzene rings is 2. The van der Waals surface area contributed by atoms with Crippen LogP contribution in [0.2, 0.25) is 0 Å². The second kappa shape index (κ2) is 6.98. The fourth-order valence-corrected chi connectivity index (χ4v) is 3.98. The van der Waals surface area contributed by atoms with Crippen molar-refractivity contribution in [2.75, 3.05) is 29.9 Å². The zero-order valence-corrected chi connectivity index (χ0v) is 15.1. The molecule has 0 unspecified atom stereocenters. The summed E-state index contributed by atoms with van der Waals surface area (Å²) in [5.74, 6) is -0.274. The van der Waals surface area contributed by atoms with E-state index in [4.69, 9.17) is 0 Å². The fourth-order valence-electron chi connectivity index (χ4n) is 3.98. The number of anilines is 2. The van der Waals surface area contributed by atoms with Gasteiger partial charge in [-0.25, -0.2) is 9.18 Å². The Morgan fingerprint density at radius 2 is 1.92 bits per heavy atom. The summed E-state index contributed by atoms with van der Waals surface area (Å²) in [6.07, 6.45) is 3.07. The number of nitrogens with one attached hydrogen (secondary N) is 1. The Morgan fingerprint density at radius 1 is 1.12 bits per heavy atom. The van der Waals surface area contributed by atoms with Gasteiger partial charge in [-0.1, -0.05) is 18.2 Å². The van der Waals surface area contributed by atoms with Crippen LogP contribution in [0.3, 0.4) is 0 Å². The Hall–Kier alpha value is -2.56. The van der Waals surface area contributed by atoms with Crippen LogP contribution in [0.5, 0.6) is 0 Å². The van der Waals surface area contributed by atoms with E-state index in [9.17, 15) is 9.18 Å². The van der Waals surface area contributed by atoms with Crippen LogP contribution < -0.4 is 10.2 Å². The van der Waals surface area contributed by atoms with Crippen LogP contribution in [0.15, 0.2) is 36.4 Å².